The third-order valence-corrected chi connectivity index (χ3v) is 8.42. The second kappa shape index (κ2) is 7.81. The van der Waals surface area contributed by atoms with Gasteiger partial charge in [0.2, 0.25) is 0 Å². The molecule has 0 bridgehead atoms. The lowest BCUT2D eigenvalue weighted by atomic mass is 9.82. The highest BCUT2D eigenvalue weighted by Gasteiger charge is 2.27. The smallest absolute Gasteiger partial charge is 0.0541 e. The maximum atomic E-state index is 2.49. The minimum atomic E-state index is -0.0564. The van der Waals surface area contributed by atoms with Crippen molar-refractivity contribution in [3.05, 3.63) is 115 Å². The molecule has 0 spiro atoms. The lowest BCUT2D eigenvalue weighted by Crippen LogP contribution is -2.16. The zero-order valence-electron chi connectivity index (χ0n) is 20.7. The summed E-state index contributed by atoms with van der Waals surface area (Å²) >= 11 is 1.90. The fourth-order valence-electron chi connectivity index (χ4n) is 5.88. The second-order valence-electron chi connectivity index (χ2n) is 10.6. The van der Waals surface area contributed by atoms with Crippen molar-refractivity contribution in [2.24, 2.45) is 0 Å². The van der Waals surface area contributed by atoms with Gasteiger partial charge in [0.15, 0.2) is 0 Å². The predicted octanol–water partition coefficient (Wildman–Crippen LogP) is 10.1. The van der Waals surface area contributed by atoms with E-state index < -0.39 is 0 Å². The van der Waals surface area contributed by atoms with Gasteiger partial charge in [-0.1, -0.05) is 99.6 Å². The predicted molar refractivity (Wildman–Crippen MR) is 158 cm³/mol. The Kier molecular flexibility index (Phi) is 4.64. The number of benzene rings is 5. The third-order valence-electron chi connectivity index (χ3n) is 7.30. The zero-order valence-corrected chi connectivity index (χ0v) is 21.6. The van der Waals surface area contributed by atoms with Crippen molar-refractivity contribution in [3.63, 3.8) is 0 Å². The van der Waals surface area contributed by atoms with E-state index in [1.54, 1.807) is 0 Å². The van der Waals surface area contributed by atoms with Crippen LogP contribution in [0.1, 0.15) is 26.3 Å². The van der Waals surface area contributed by atoms with E-state index in [1.165, 1.54) is 64.4 Å². The number of hydrogen-bond acceptors (Lipinski definition) is 1. The van der Waals surface area contributed by atoms with E-state index in [4.69, 9.17) is 0 Å². The number of rotatable bonds is 2. The molecule has 0 amide bonds. The molecule has 0 aliphatic rings. The van der Waals surface area contributed by atoms with Crippen LogP contribution in [-0.4, -0.2) is 4.57 Å². The lowest BCUT2D eigenvalue weighted by Gasteiger charge is -2.26. The number of thiophene rings is 1. The van der Waals surface area contributed by atoms with Crippen LogP contribution < -0.4 is 0 Å². The number of nitrogens with zero attached hydrogens (tertiary/aromatic N) is 1. The Hall–Kier alpha value is -3.88. The van der Waals surface area contributed by atoms with Crippen molar-refractivity contribution < 1.29 is 0 Å². The summed E-state index contributed by atoms with van der Waals surface area (Å²) in [5, 5.41) is 5.36. The van der Waals surface area contributed by atoms with Crippen molar-refractivity contribution in [1.82, 2.24) is 4.57 Å². The van der Waals surface area contributed by atoms with Crippen LogP contribution in [0.3, 0.4) is 0 Å². The number of hydrogen-bond donors (Lipinski definition) is 0. The SMILES string of the molecule is CC(C)(C)c1c(-n2c3ccccc3c3ccccc32)ccc2sc3cccc(-c4ccccc4)c3c12. The Labute approximate surface area is 215 Å². The molecular formula is C34H27NS. The van der Waals surface area contributed by atoms with E-state index in [2.05, 4.69) is 135 Å². The molecule has 2 heterocycles. The molecule has 7 aromatic rings. The van der Waals surface area contributed by atoms with Gasteiger partial charge in [-0.25, -0.2) is 0 Å². The van der Waals surface area contributed by atoms with Gasteiger partial charge in [0.25, 0.3) is 0 Å². The van der Waals surface area contributed by atoms with Crippen molar-refractivity contribution in [1.29, 1.82) is 0 Å². The Morgan fingerprint density at radius 2 is 1.17 bits per heavy atom. The van der Waals surface area contributed by atoms with Crippen LogP contribution in [0.4, 0.5) is 0 Å². The molecule has 0 aliphatic heterocycles. The van der Waals surface area contributed by atoms with E-state index in [9.17, 15) is 0 Å². The molecule has 1 nitrogen and oxygen atoms in total. The quantitative estimate of drug-likeness (QED) is 0.231. The summed E-state index contributed by atoms with van der Waals surface area (Å²) in [6, 6.07) is 39.9. The van der Waals surface area contributed by atoms with E-state index in [1.807, 2.05) is 11.3 Å². The first-order chi connectivity index (χ1) is 17.5. The maximum Gasteiger partial charge on any atom is 0.0541 e. The van der Waals surface area contributed by atoms with E-state index in [0.717, 1.165) is 0 Å². The van der Waals surface area contributed by atoms with Crippen molar-refractivity contribution >= 4 is 53.3 Å². The molecule has 36 heavy (non-hydrogen) atoms. The van der Waals surface area contributed by atoms with E-state index in [0.29, 0.717) is 0 Å². The van der Waals surface area contributed by atoms with Gasteiger partial charge in [0.05, 0.1) is 16.7 Å². The van der Waals surface area contributed by atoms with Gasteiger partial charge in [0.1, 0.15) is 0 Å². The standard InChI is InChI=1S/C34H27NS/c1-34(2,3)33-28(35-26-17-9-7-14-24(26)25-15-8-10-18-27(25)35)20-21-30-32(33)31-23(16-11-19-29(31)36-30)22-12-5-4-6-13-22/h4-21H,1-3H3. The fraction of sp³-hybridized carbons (Fsp3) is 0.118. The van der Waals surface area contributed by atoms with Crippen LogP contribution >= 0.6 is 11.3 Å². The van der Waals surface area contributed by atoms with Crippen molar-refractivity contribution in [2.45, 2.75) is 26.2 Å². The number of aromatic nitrogens is 1. The summed E-state index contributed by atoms with van der Waals surface area (Å²) in [6.45, 7) is 7.06. The molecule has 174 valence electrons. The molecule has 0 unspecified atom stereocenters. The van der Waals surface area contributed by atoms with Crippen LogP contribution in [0.2, 0.25) is 0 Å². The minimum absolute atomic E-state index is 0.0564. The molecule has 0 saturated carbocycles. The molecule has 2 aromatic heterocycles. The normalized spacial score (nSPS) is 12.3. The number of para-hydroxylation sites is 2. The van der Waals surface area contributed by atoms with Crippen molar-refractivity contribution in [2.75, 3.05) is 0 Å². The topological polar surface area (TPSA) is 4.93 Å². The third kappa shape index (κ3) is 3.08. The summed E-state index contributed by atoms with van der Waals surface area (Å²) in [6.07, 6.45) is 0. The monoisotopic (exact) mass is 481 g/mol. The van der Waals surface area contributed by atoms with Crippen LogP contribution in [0.15, 0.2) is 109 Å². The summed E-state index contributed by atoms with van der Waals surface area (Å²) in [5.74, 6) is 0. The maximum absolute atomic E-state index is 2.49. The molecule has 2 heteroatoms. The molecule has 0 fully saturated rings. The Morgan fingerprint density at radius 3 is 1.83 bits per heavy atom. The summed E-state index contributed by atoms with van der Waals surface area (Å²) < 4.78 is 5.18. The molecule has 0 atom stereocenters. The largest absolute Gasteiger partial charge is 0.309 e. The van der Waals surface area contributed by atoms with Crippen molar-refractivity contribution in [3.8, 4) is 16.8 Å². The Morgan fingerprint density at radius 1 is 0.556 bits per heavy atom. The molecule has 0 N–H and O–H groups in total. The first-order valence-electron chi connectivity index (χ1n) is 12.5. The van der Waals surface area contributed by atoms with Crippen LogP contribution in [-0.2, 0) is 5.41 Å². The molecule has 0 saturated heterocycles. The summed E-state index contributed by atoms with van der Waals surface area (Å²) in [7, 11) is 0. The highest BCUT2D eigenvalue weighted by Crippen LogP contribution is 2.47. The van der Waals surface area contributed by atoms with E-state index >= 15 is 0 Å². The van der Waals surface area contributed by atoms with Crippen LogP contribution in [0.5, 0.6) is 0 Å². The molecule has 7 rings (SSSR count). The lowest BCUT2D eigenvalue weighted by molar-refractivity contribution is 0.593. The van der Waals surface area contributed by atoms with Gasteiger partial charge in [-0.05, 0) is 52.4 Å². The van der Waals surface area contributed by atoms with Gasteiger partial charge in [-0.15, -0.1) is 11.3 Å². The van der Waals surface area contributed by atoms with Crippen LogP contribution in [0, 0.1) is 0 Å². The van der Waals surface area contributed by atoms with Gasteiger partial charge in [-0.2, -0.15) is 0 Å². The summed E-state index contributed by atoms with van der Waals surface area (Å²) in [4.78, 5) is 0. The molecule has 0 aliphatic carbocycles. The first kappa shape index (κ1) is 21.4. The van der Waals surface area contributed by atoms with E-state index in [-0.39, 0.29) is 5.41 Å². The average molecular weight is 482 g/mol. The van der Waals surface area contributed by atoms with Gasteiger partial charge >= 0.3 is 0 Å². The highest BCUT2D eigenvalue weighted by atomic mass is 32.1. The average Bonchev–Trinajstić information content (AvgIpc) is 3.44. The first-order valence-corrected chi connectivity index (χ1v) is 13.4. The Bertz CT molecular complexity index is 1860. The molecule has 0 radical (unpaired) electrons. The number of fused-ring (bicyclic) bond motifs is 6. The highest BCUT2D eigenvalue weighted by molar-refractivity contribution is 7.26. The van der Waals surface area contributed by atoms with Gasteiger partial charge in [-0.3, -0.25) is 0 Å². The molecule has 5 aromatic carbocycles. The van der Waals surface area contributed by atoms with Gasteiger partial charge < -0.3 is 4.57 Å². The second-order valence-corrected chi connectivity index (χ2v) is 11.7. The zero-order chi connectivity index (χ0) is 24.4. The fourth-order valence-corrected chi connectivity index (χ4v) is 7.02. The van der Waals surface area contributed by atoms with Gasteiger partial charge in [0, 0.05) is 30.9 Å². The Balaban J connectivity index is 1.69. The summed E-state index contributed by atoms with van der Waals surface area (Å²) in [5.41, 5.74) is 7.71. The van der Waals surface area contributed by atoms with Crippen LogP contribution in [0.25, 0.3) is 58.8 Å². The molecular weight excluding hydrogens is 454 g/mol. The minimum Gasteiger partial charge on any atom is -0.309 e.